The van der Waals surface area contributed by atoms with Crippen molar-refractivity contribution in [1.82, 2.24) is 20.6 Å². The standard InChI is InChI=1S/C10H15N7O5S2/c11-3-5(4-18)6-1-2-7(23(12,19)20)9(24(13,21)22)8(6)10-14-16-17-15-10/h1-2,5,18H,3-4,11H2,(H2,12,19,20)(H2,13,21,22)(H,14,15,16,17). The molecule has 1 aromatic carbocycles. The molecule has 8 N–H and O–H groups in total. The second-order valence-electron chi connectivity index (χ2n) is 4.81. The Hall–Kier alpha value is -1.97. The van der Waals surface area contributed by atoms with Gasteiger partial charge in [-0.05, 0) is 22.1 Å². The number of aliphatic hydroxyl groups excluding tert-OH is 1. The highest BCUT2D eigenvalue weighted by Crippen LogP contribution is 2.36. The lowest BCUT2D eigenvalue weighted by Crippen LogP contribution is -2.24. The van der Waals surface area contributed by atoms with Gasteiger partial charge in [-0.1, -0.05) is 6.07 Å². The third-order valence-corrected chi connectivity index (χ3v) is 5.35. The average molecular weight is 377 g/mol. The van der Waals surface area contributed by atoms with Crippen LogP contribution in [0.4, 0.5) is 0 Å². The van der Waals surface area contributed by atoms with E-state index < -0.39 is 42.4 Å². The Morgan fingerprint density at radius 1 is 1.17 bits per heavy atom. The van der Waals surface area contributed by atoms with Crippen molar-refractivity contribution in [2.75, 3.05) is 13.2 Å². The van der Waals surface area contributed by atoms with Gasteiger partial charge < -0.3 is 10.8 Å². The van der Waals surface area contributed by atoms with Gasteiger partial charge in [0.1, 0.15) is 9.79 Å². The molecule has 0 aliphatic rings. The first-order chi connectivity index (χ1) is 11.1. The normalized spacial score (nSPS) is 13.8. The molecule has 2 rings (SSSR count). The maximum Gasteiger partial charge on any atom is 0.240 e. The second-order valence-corrected chi connectivity index (χ2v) is 7.84. The van der Waals surface area contributed by atoms with Crippen LogP contribution < -0.4 is 16.0 Å². The van der Waals surface area contributed by atoms with E-state index in [4.69, 9.17) is 16.0 Å². The molecule has 0 bridgehead atoms. The number of aromatic amines is 1. The predicted octanol–water partition coefficient (Wildman–Crippen LogP) is -2.80. The minimum Gasteiger partial charge on any atom is -0.396 e. The summed E-state index contributed by atoms with van der Waals surface area (Å²) < 4.78 is 47.6. The quantitative estimate of drug-likeness (QED) is 0.350. The Kier molecular flexibility index (Phi) is 4.97. The Labute approximate surface area is 137 Å². The summed E-state index contributed by atoms with van der Waals surface area (Å²) in [6.45, 7) is -0.478. The summed E-state index contributed by atoms with van der Waals surface area (Å²) >= 11 is 0. The van der Waals surface area contributed by atoms with Crippen LogP contribution in [-0.4, -0.2) is 55.7 Å². The third kappa shape index (κ3) is 3.42. The molecule has 0 spiro atoms. The number of benzene rings is 1. The molecule has 0 fully saturated rings. The van der Waals surface area contributed by atoms with Crippen molar-refractivity contribution in [2.45, 2.75) is 15.7 Å². The first kappa shape index (κ1) is 18.4. The maximum atomic E-state index is 12.0. The Morgan fingerprint density at radius 2 is 1.83 bits per heavy atom. The highest BCUT2D eigenvalue weighted by Gasteiger charge is 2.31. The van der Waals surface area contributed by atoms with Crippen LogP contribution in [0.1, 0.15) is 11.5 Å². The molecular formula is C10H15N7O5S2. The van der Waals surface area contributed by atoms with Gasteiger partial charge in [0.15, 0.2) is 5.82 Å². The molecule has 0 amide bonds. The fourth-order valence-corrected chi connectivity index (χ4v) is 4.40. The van der Waals surface area contributed by atoms with Gasteiger partial charge in [-0.25, -0.2) is 32.2 Å². The summed E-state index contributed by atoms with van der Waals surface area (Å²) in [7, 11) is -8.96. The zero-order valence-corrected chi connectivity index (χ0v) is 13.7. The van der Waals surface area contributed by atoms with E-state index >= 15 is 0 Å². The van der Waals surface area contributed by atoms with Crippen LogP contribution in [0.5, 0.6) is 0 Å². The van der Waals surface area contributed by atoms with Crippen molar-refractivity contribution in [3.63, 3.8) is 0 Å². The fourth-order valence-electron chi connectivity index (χ4n) is 2.23. The van der Waals surface area contributed by atoms with Crippen LogP contribution in [0, 0.1) is 0 Å². The number of rotatable bonds is 6. The molecule has 2 aromatic rings. The van der Waals surface area contributed by atoms with Gasteiger partial charge in [-0.3, -0.25) is 0 Å². The van der Waals surface area contributed by atoms with Gasteiger partial charge in [-0.2, -0.15) is 0 Å². The van der Waals surface area contributed by atoms with E-state index in [1.54, 1.807) is 0 Å². The Balaban J connectivity index is 3.03. The lowest BCUT2D eigenvalue weighted by Gasteiger charge is -2.19. The molecule has 1 unspecified atom stereocenters. The summed E-state index contributed by atoms with van der Waals surface area (Å²) in [6, 6.07) is 2.26. The minimum atomic E-state index is -4.54. The molecule has 0 aliphatic heterocycles. The van der Waals surface area contributed by atoms with Crippen molar-refractivity contribution >= 4 is 20.0 Å². The van der Waals surface area contributed by atoms with E-state index in [1.165, 1.54) is 6.07 Å². The summed E-state index contributed by atoms with van der Waals surface area (Å²) in [5.41, 5.74) is 5.57. The van der Waals surface area contributed by atoms with E-state index in [9.17, 15) is 21.9 Å². The van der Waals surface area contributed by atoms with Gasteiger partial charge in [0.2, 0.25) is 20.0 Å². The summed E-state index contributed by atoms with van der Waals surface area (Å²) in [4.78, 5) is -1.48. The van der Waals surface area contributed by atoms with E-state index in [0.717, 1.165) is 6.07 Å². The zero-order chi connectivity index (χ0) is 18.1. The van der Waals surface area contributed by atoms with E-state index in [2.05, 4.69) is 20.6 Å². The van der Waals surface area contributed by atoms with Gasteiger partial charge in [0.05, 0.1) is 6.61 Å². The van der Waals surface area contributed by atoms with Crippen LogP contribution in [0.25, 0.3) is 11.4 Å². The number of H-pyrrole nitrogens is 1. The molecule has 132 valence electrons. The number of aliphatic hydroxyl groups is 1. The van der Waals surface area contributed by atoms with Crippen molar-refractivity contribution in [3.8, 4) is 11.4 Å². The van der Waals surface area contributed by atoms with Crippen LogP contribution in [0.15, 0.2) is 21.9 Å². The van der Waals surface area contributed by atoms with Crippen LogP contribution in [0.3, 0.4) is 0 Å². The highest BCUT2D eigenvalue weighted by atomic mass is 32.2. The molecule has 1 aromatic heterocycles. The number of nitrogens with zero attached hydrogens (tertiary/aromatic N) is 3. The fraction of sp³-hybridized carbons (Fsp3) is 0.300. The van der Waals surface area contributed by atoms with Crippen LogP contribution in [0.2, 0.25) is 0 Å². The molecule has 24 heavy (non-hydrogen) atoms. The SMILES string of the molecule is NCC(CO)c1ccc(S(N)(=O)=O)c(S(N)(=O)=O)c1-c1nnn[nH]1. The number of aromatic nitrogens is 4. The first-order valence-electron chi connectivity index (χ1n) is 6.38. The van der Waals surface area contributed by atoms with Crippen molar-refractivity contribution in [2.24, 2.45) is 16.0 Å². The van der Waals surface area contributed by atoms with Crippen LogP contribution in [-0.2, 0) is 20.0 Å². The third-order valence-electron chi connectivity index (χ3n) is 3.27. The molecule has 0 saturated heterocycles. The van der Waals surface area contributed by atoms with E-state index in [0.29, 0.717) is 0 Å². The van der Waals surface area contributed by atoms with Gasteiger partial charge in [0.25, 0.3) is 0 Å². The van der Waals surface area contributed by atoms with E-state index in [1.807, 2.05) is 0 Å². The van der Waals surface area contributed by atoms with Crippen LogP contribution >= 0.6 is 0 Å². The Morgan fingerprint density at radius 3 is 2.25 bits per heavy atom. The maximum absolute atomic E-state index is 12.0. The van der Waals surface area contributed by atoms with E-state index in [-0.39, 0.29) is 23.5 Å². The topological polar surface area (TPSA) is 221 Å². The molecule has 0 radical (unpaired) electrons. The number of tetrazole rings is 1. The summed E-state index contributed by atoms with van der Waals surface area (Å²) in [5.74, 6) is -0.869. The Bertz CT molecular complexity index is 936. The van der Waals surface area contributed by atoms with Crippen molar-refractivity contribution in [1.29, 1.82) is 0 Å². The molecule has 0 aliphatic carbocycles. The molecule has 1 heterocycles. The number of nitrogens with one attached hydrogen (secondary N) is 1. The predicted molar refractivity (Wildman–Crippen MR) is 81.2 cm³/mol. The monoisotopic (exact) mass is 377 g/mol. The number of primary sulfonamides is 2. The molecule has 12 nitrogen and oxygen atoms in total. The number of hydrogen-bond donors (Lipinski definition) is 5. The van der Waals surface area contributed by atoms with Gasteiger partial charge >= 0.3 is 0 Å². The molecule has 0 saturated carbocycles. The number of hydrogen-bond acceptors (Lipinski definition) is 9. The van der Waals surface area contributed by atoms with Crippen molar-refractivity contribution in [3.05, 3.63) is 17.7 Å². The second kappa shape index (κ2) is 6.50. The largest absolute Gasteiger partial charge is 0.396 e. The summed E-state index contributed by atoms with van der Waals surface area (Å²) in [5, 5.41) is 32.3. The first-order valence-corrected chi connectivity index (χ1v) is 9.48. The lowest BCUT2D eigenvalue weighted by atomic mass is 9.94. The van der Waals surface area contributed by atoms with Gasteiger partial charge in [-0.15, -0.1) is 5.10 Å². The molecular weight excluding hydrogens is 362 g/mol. The zero-order valence-electron chi connectivity index (χ0n) is 12.1. The number of nitrogens with two attached hydrogens (primary N) is 3. The molecule has 14 heteroatoms. The lowest BCUT2D eigenvalue weighted by molar-refractivity contribution is 0.268. The summed E-state index contributed by atoms with van der Waals surface area (Å²) in [6.07, 6.45) is 0. The average Bonchev–Trinajstić information content (AvgIpc) is 2.99. The smallest absolute Gasteiger partial charge is 0.240 e. The van der Waals surface area contributed by atoms with Crippen molar-refractivity contribution < 1.29 is 21.9 Å². The van der Waals surface area contributed by atoms with Gasteiger partial charge in [0, 0.05) is 18.0 Å². The number of sulfonamides is 2. The minimum absolute atomic E-state index is 0.0517. The molecule has 1 atom stereocenters. The highest BCUT2D eigenvalue weighted by molar-refractivity contribution is 7.92.